The number of carbonyl (C=O) groups excluding carboxylic acids is 1. The van der Waals surface area contributed by atoms with Crippen LogP contribution in [0.2, 0.25) is 0 Å². The van der Waals surface area contributed by atoms with E-state index in [0.29, 0.717) is 0 Å². The molecule has 0 unspecified atom stereocenters. The van der Waals surface area contributed by atoms with Crippen molar-refractivity contribution in [1.82, 2.24) is 24.3 Å². The van der Waals surface area contributed by atoms with Gasteiger partial charge >= 0.3 is 0 Å². The Kier molecular flexibility index (Phi) is 5.48. The van der Waals surface area contributed by atoms with Gasteiger partial charge in [0.2, 0.25) is 0 Å². The van der Waals surface area contributed by atoms with Crippen molar-refractivity contribution in [2.75, 3.05) is 26.2 Å². The van der Waals surface area contributed by atoms with Gasteiger partial charge in [-0.2, -0.15) is 0 Å². The summed E-state index contributed by atoms with van der Waals surface area (Å²) in [5.41, 5.74) is 5.91. The smallest absolute Gasteiger partial charge is 0.256 e. The number of carbonyl (C=O) groups is 1. The van der Waals surface area contributed by atoms with E-state index in [1.54, 1.807) is 0 Å². The molecule has 4 heterocycles. The van der Waals surface area contributed by atoms with Crippen LogP contribution in [0.4, 0.5) is 0 Å². The maximum atomic E-state index is 13.5. The second kappa shape index (κ2) is 8.42. The highest BCUT2D eigenvalue weighted by atomic mass is 16.2. The number of pyridine rings is 1. The molecule has 6 heteroatoms. The van der Waals surface area contributed by atoms with Crippen LogP contribution in [0.3, 0.4) is 0 Å². The average Bonchev–Trinajstić information content (AvgIpc) is 2.94. The van der Waals surface area contributed by atoms with Gasteiger partial charge in [0, 0.05) is 51.4 Å². The third-order valence-electron chi connectivity index (χ3n) is 6.57. The number of amides is 1. The molecular weight excluding hydrogens is 386 g/mol. The summed E-state index contributed by atoms with van der Waals surface area (Å²) < 4.78 is 2.24. The van der Waals surface area contributed by atoms with Crippen LogP contribution in [0.1, 0.15) is 52.3 Å². The van der Waals surface area contributed by atoms with Crippen molar-refractivity contribution in [3.05, 3.63) is 58.5 Å². The van der Waals surface area contributed by atoms with E-state index in [4.69, 9.17) is 9.97 Å². The maximum Gasteiger partial charge on any atom is 0.256 e. The molecule has 1 amide bonds. The summed E-state index contributed by atoms with van der Waals surface area (Å²) in [5, 5.41) is 0. The number of hydrogen-bond donors (Lipinski definition) is 0. The van der Waals surface area contributed by atoms with E-state index < -0.39 is 0 Å². The van der Waals surface area contributed by atoms with Crippen molar-refractivity contribution in [1.29, 1.82) is 0 Å². The number of rotatable bonds is 3. The summed E-state index contributed by atoms with van der Waals surface area (Å²) in [6.07, 6.45) is 4.52. The number of hydrogen-bond acceptors (Lipinski definition) is 4. The molecule has 6 nitrogen and oxygen atoms in total. The Balaban J connectivity index is 1.34. The molecule has 0 bridgehead atoms. The van der Waals surface area contributed by atoms with E-state index in [0.717, 1.165) is 86.8 Å². The van der Waals surface area contributed by atoms with E-state index in [2.05, 4.69) is 40.7 Å². The largest absolute Gasteiger partial charge is 0.336 e. The minimum absolute atomic E-state index is 0.0963. The topological polar surface area (TPSA) is 54.3 Å². The zero-order valence-electron chi connectivity index (χ0n) is 18.6. The van der Waals surface area contributed by atoms with Gasteiger partial charge in [0.1, 0.15) is 11.3 Å². The molecule has 0 atom stereocenters. The Morgan fingerprint density at radius 2 is 1.81 bits per heavy atom. The molecule has 162 valence electrons. The first-order valence-corrected chi connectivity index (χ1v) is 11.5. The molecule has 1 fully saturated rings. The zero-order chi connectivity index (χ0) is 21.4. The van der Waals surface area contributed by atoms with Crippen LogP contribution in [0.15, 0.2) is 30.3 Å². The fraction of sp³-hybridized carbons (Fsp3) is 0.480. The lowest BCUT2D eigenvalue weighted by Gasteiger charge is -2.35. The third-order valence-corrected chi connectivity index (χ3v) is 6.57. The first kappa shape index (κ1) is 20.2. The molecular formula is C25H31N5O. The highest BCUT2D eigenvalue weighted by Crippen LogP contribution is 2.25. The molecule has 2 aliphatic heterocycles. The lowest BCUT2D eigenvalue weighted by Crippen LogP contribution is -2.48. The quantitative estimate of drug-likeness (QED) is 0.652. The number of imidazole rings is 1. The van der Waals surface area contributed by atoms with Crippen LogP contribution in [0.25, 0.3) is 11.2 Å². The van der Waals surface area contributed by atoms with Crippen LogP contribution < -0.4 is 0 Å². The monoisotopic (exact) mass is 417 g/mol. The SMILES string of the molecule is Cc1cccc(CN2CCN(C(=O)c3cc(C)nc4c3nc3n4CCCCC3)CC2)c1. The first-order chi connectivity index (χ1) is 15.1. The molecule has 2 aromatic heterocycles. The second-order valence-electron chi connectivity index (χ2n) is 9.03. The Morgan fingerprint density at radius 3 is 2.61 bits per heavy atom. The molecule has 0 N–H and O–H groups in total. The normalized spacial score (nSPS) is 17.5. The average molecular weight is 418 g/mol. The second-order valence-corrected chi connectivity index (χ2v) is 9.03. The fourth-order valence-electron chi connectivity index (χ4n) is 4.93. The maximum absolute atomic E-state index is 13.5. The Hall–Kier alpha value is -2.73. The van der Waals surface area contributed by atoms with Crippen LogP contribution in [0, 0.1) is 13.8 Å². The van der Waals surface area contributed by atoms with Gasteiger partial charge < -0.3 is 9.47 Å². The van der Waals surface area contributed by atoms with Crippen LogP contribution in [-0.4, -0.2) is 56.4 Å². The van der Waals surface area contributed by atoms with Crippen molar-refractivity contribution in [2.45, 2.75) is 52.6 Å². The number of nitrogens with zero attached hydrogens (tertiary/aromatic N) is 5. The van der Waals surface area contributed by atoms with E-state index in [-0.39, 0.29) is 5.91 Å². The lowest BCUT2D eigenvalue weighted by atomic mass is 10.1. The van der Waals surface area contributed by atoms with Gasteiger partial charge in [0.05, 0.1) is 5.56 Å². The molecule has 1 aromatic carbocycles. The number of aromatic nitrogens is 3. The van der Waals surface area contributed by atoms with Gasteiger partial charge in [0.25, 0.3) is 5.91 Å². The van der Waals surface area contributed by atoms with Crippen LogP contribution >= 0.6 is 0 Å². The van der Waals surface area contributed by atoms with Gasteiger partial charge in [-0.15, -0.1) is 0 Å². The molecule has 0 spiro atoms. The number of fused-ring (bicyclic) bond motifs is 3. The van der Waals surface area contributed by atoms with Crippen molar-refractivity contribution in [3.63, 3.8) is 0 Å². The van der Waals surface area contributed by atoms with Crippen molar-refractivity contribution in [3.8, 4) is 0 Å². The summed E-state index contributed by atoms with van der Waals surface area (Å²) in [4.78, 5) is 27.6. The van der Waals surface area contributed by atoms with Gasteiger partial charge in [0.15, 0.2) is 5.65 Å². The number of aryl methyl sites for hydroxylation is 4. The van der Waals surface area contributed by atoms with Gasteiger partial charge in [-0.3, -0.25) is 9.69 Å². The Morgan fingerprint density at radius 1 is 0.968 bits per heavy atom. The molecule has 2 aliphatic rings. The first-order valence-electron chi connectivity index (χ1n) is 11.5. The predicted molar refractivity (Wildman–Crippen MR) is 122 cm³/mol. The lowest BCUT2D eigenvalue weighted by molar-refractivity contribution is 0.0630. The summed E-state index contributed by atoms with van der Waals surface area (Å²) in [5.74, 6) is 1.18. The van der Waals surface area contributed by atoms with Gasteiger partial charge in [-0.25, -0.2) is 9.97 Å². The molecule has 3 aromatic rings. The van der Waals surface area contributed by atoms with Crippen LogP contribution in [0.5, 0.6) is 0 Å². The molecule has 0 radical (unpaired) electrons. The molecule has 1 saturated heterocycles. The third kappa shape index (κ3) is 4.09. The fourth-order valence-corrected chi connectivity index (χ4v) is 4.93. The van der Waals surface area contributed by atoms with Gasteiger partial charge in [-0.1, -0.05) is 36.2 Å². The molecule has 0 saturated carbocycles. The van der Waals surface area contributed by atoms with E-state index in [1.807, 2.05) is 17.9 Å². The zero-order valence-corrected chi connectivity index (χ0v) is 18.6. The molecule has 31 heavy (non-hydrogen) atoms. The summed E-state index contributed by atoms with van der Waals surface area (Å²) in [7, 11) is 0. The molecule has 0 aliphatic carbocycles. The van der Waals surface area contributed by atoms with E-state index in [1.165, 1.54) is 17.5 Å². The minimum Gasteiger partial charge on any atom is -0.336 e. The number of piperazine rings is 1. The minimum atomic E-state index is 0.0963. The van der Waals surface area contributed by atoms with Crippen molar-refractivity contribution in [2.24, 2.45) is 0 Å². The number of benzene rings is 1. The summed E-state index contributed by atoms with van der Waals surface area (Å²) >= 11 is 0. The molecule has 5 rings (SSSR count). The standard InChI is InChI=1S/C25H31N5O/c1-18-7-6-8-20(15-18)17-28-11-13-29(14-12-28)25(31)21-16-19(2)26-24-23(21)27-22-9-4-3-5-10-30(22)24/h6-8,15-16H,3-5,9-14,17H2,1-2H3. The van der Waals surface area contributed by atoms with Crippen LogP contribution in [-0.2, 0) is 19.5 Å². The summed E-state index contributed by atoms with van der Waals surface area (Å²) in [6, 6.07) is 10.6. The van der Waals surface area contributed by atoms with Crippen molar-refractivity contribution < 1.29 is 4.79 Å². The Labute approximate surface area is 183 Å². The highest BCUT2D eigenvalue weighted by molar-refractivity contribution is 6.04. The van der Waals surface area contributed by atoms with Crippen molar-refractivity contribution >= 4 is 17.1 Å². The Bertz CT molecular complexity index is 1110. The van der Waals surface area contributed by atoms with Gasteiger partial charge in [-0.05, 0) is 38.3 Å². The van der Waals surface area contributed by atoms with E-state index in [9.17, 15) is 4.79 Å². The van der Waals surface area contributed by atoms with E-state index >= 15 is 0 Å². The predicted octanol–water partition coefficient (Wildman–Crippen LogP) is 3.73. The summed E-state index contributed by atoms with van der Waals surface area (Å²) in [6.45, 7) is 9.30. The highest BCUT2D eigenvalue weighted by Gasteiger charge is 2.26.